The minimum Gasteiger partial charge on any atom is -0.387 e. The highest BCUT2D eigenvalue weighted by Gasteiger charge is 2.13. The summed E-state index contributed by atoms with van der Waals surface area (Å²) in [5, 5.41) is 15.6. The van der Waals surface area contributed by atoms with E-state index in [2.05, 4.69) is 10.6 Å². The smallest absolute Gasteiger partial charge is 0.239 e. The van der Waals surface area contributed by atoms with Crippen LogP contribution in [0.5, 0.6) is 0 Å². The Hall–Kier alpha value is -2.37. The van der Waals surface area contributed by atoms with Crippen molar-refractivity contribution in [2.45, 2.75) is 12.5 Å². The number of nitrogens with one attached hydrogen (secondary N) is 2. The molecule has 0 radical (unpaired) electrons. The molecular formula is C18H19ClN2O3. The summed E-state index contributed by atoms with van der Waals surface area (Å²) in [4.78, 5) is 23.5. The maximum atomic E-state index is 11.8. The van der Waals surface area contributed by atoms with Crippen LogP contribution in [0.3, 0.4) is 0 Å². The number of rotatable bonds is 7. The van der Waals surface area contributed by atoms with Gasteiger partial charge in [0.15, 0.2) is 0 Å². The fourth-order valence-electron chi connectivity index (χ4n) is 2.15. The molecule has 2 amide bonds. The Labute approximate surface area is 145 Å². The normalized spacial score (nSPS) is 11.6. The molecular weight excluding hydrogens is 328 g/mol. The third-order valence-electron chi connectivity index (χ3n) is 3.41. The molecule has 0 bridgehead atoms. The second kappa shape index (κ2) is 9.05. The van der Waals surface area contributed by atoms with Gasteiger partial charge in [-0.3, -0.25) is 9.59 Å². The molecule has 0 aromatic heterocycles. The highest BCUT2D eigenvalue weighted by Crippen LogP contribution is 2.21. The molecule has 0 aliphatic heterocycles. The van der Waals surface area contributed by atoms with Gasteiger partial charge in [-0.25, -0.2) is 0 Å². The van der Waals surface area contributed by atoms with Gasteiger partial charge in [-0.15, -0.1) is 0 Å². The van der Waals surface area contributed by atoms with Crippen LogP contribution in [0.15, 0.2) is 54.6 Å². The summed E-state index contributed by atoms with van der Waals surface area (Å²) in [6.45, 7) is -0.113. The van der Waals surface area contributed by atoms with Crippen molar-refractivity contribution in [3.8, 4) is 0 Å². The van der Waals surface area contributed by atoms with Crippen molar-refractivity contribution in [1.29, 1.82) is 0 Å². The van der Waals surface area contributed by atoms with Gasteiger partial charge in [0.25, 0.3) is 0 Å². The Kier molecular flexibility index (Phi) is 6.78. The van der Waals surface area contributed by atoms with E-state index in [-0.39, 0.29) is 31.3 Å². The Balaban J connectivity index is 1.71. The summed E-state index contributed by atoms with van der Waals surface area (Å²) in [5.41, 5.74) is 1.43. The number of aliphatic hydroxyl groups is 1. The summed E-state index contributed by atoms with van der Waals surface area (Å²) in [5.74, 6) is -0.606. The molecule has 3 N–H and O–H groups in total. The average Bonchev–Trinajstić information content (AvgIpc) is 2.59. The number of halogens is 1. The Bertz CT molecular complexity index is 692. The predicted molar refractivity (Wildman–Crippen MR) is 92.6 cm³/mol. The van der Waals surface area contributed by atoms with Gasteiger partial charge < -0.3 is 15.7 Å². The number of hydrogen-bond acceptors (Lipinski definition) is 3. The second-order valence-electron chi connectivity index (χ2n) is 5.28. The molecule has 0 spiro atoms. The van der Waals surface area contributed by atoms with Gasteiger partial charge in [0, 0.05) is 17.1 Å². The zero-order valence-electron chi connectivity index (χ0n) is 13.0. The van der Waals surface area contributed by atoms with Crippen molar-refractivity contribution in [2.75, 3.05) is 13.1 Å². The molecule has 0 saturated carbocycles. The molecule has 2 rings (SSSR count). The molecule has 0 heterocycles. The lowest BCUT2D eigenvalue weighted by molar-refractivity contribution is -0.126. The molecule has 2 aromatic rings. The monoisotopic (exact) mass is 346 g/mol. The van der Waals surface area contributed by atoms with E-state index >= 15 is 0 Å². The second-order valence-corrected chi connectivity index (χ2v) is 5.69. The summed E-state index contributed by atoms with van der Waals surface area (Å²) in [6.07, 6.45) is -0.682. The molecule has 6 heteroatoms. The number of benzene rings is 2. The highest BCUT2D eigenvalue weighted by molar-refractivity contribution is 6.31. The maximum absolute atomic E-state index is 11.8. The van der Waals surface area contributed by atoms with Gasteiger partial charge in [-0.1, -0.05) is 60.1 Å². The Morgan fingerprint density at radius 3 is 2.33 bits per heavy atom. The van der Waals surface area contributed by atoms with Gasteiger partial charge in [0.1, 0.15) is 0 Å². The van der Waals surface area contributed by atoms with Crippen LogP contribution >= 0.6 is 11.6 Å². The summed E-state index contributed by atoms with van der Waals surface area (Å²) < 4.78 is 0. The highest BCUT2D eigenvalue weighted by atomic mass is 35.5. The van der Waals surface area contributed by atoms with Gasteiger partial charge in [-0.05, 0) is 11.6 Å². The summed E-state index contributed by atoms with van der Waals surface area (Å²) in [6, 6.07) is 16.2. The van der Waals surface area contributed by atoms with Crippen LogP contribution < -0.4 is 10.6 Å². The average molecular weight is 347 g/mol. The van der Waals surface area contributed by atoms with E-state index in [1.54, 1.807) is 24.3 Å². The Morgan fingerprint density at radius 1 is 0.958 bits per heavy atom. The van der Waals surface area contributed by atoms with Gasteiger partial charge >= 0.3 is 0 Å². The van der Waals surface area contributed by atoms with Gasteiger partial charge in [-0.2, -0.15) is 0 Å². The SMILES string of the molecule is O=C(CNC(=O)Cc1ccccc1)NCC(O)c1ccccc1Cl. The molecule has 24 heavy (non-hydrogen) atoms. The summed E-state index contributed by atoms with van der Waals surface area (Å²) in [7, 11) is 0. The van der Waals surface area contributed by atoms with Crippen LogP contribution in [0.2, 0.25) is 5.02 Å². The van der Waals surface area contributed by atoms with E-state index in [0.717, 1.165) is 5.56 Å². The van der Waals surface area contributed by atoms with E-state index in [1.807, 2.05) is 30.3 Å². The number of carbonyl (C=O) groups excluding carboxylic acids is 2. The molecule has 1 atom stereocenters. The quantitative estimate of drug-likeness (QED) is 0.716. The number of amides is 2. The molecule has 0 aliphatic rings. The number of aliphatic hydroxyl groups excluding tert-OH is 1. The first-order valence-electron chi connectivity index (χ1n) is 7.56. The molecule has 0 fully saturated rings. The van der Waals surface area contributed by atoms with E-state index in [4.69, 9.17) is 11.6 Å². The van der Waals surface area contributed by atoms with Crippen LogP contribution in [0, 0.1) is 0 Å². The molecule has 2 aromatic carbocycles. The fourth-order valence-corrected chi connectivity index (χ4v) is 2.41. The minimum absolute atomic E-state index is 0.0249. The van der Waals surface area contributed by atoms with E-state index in [0.29, 0.717) is 10.6 Å². The van der Waals surface area contributed by atoms with Crippen molar-refractivity contribution < 1.29 is 14.7 Å². The van der Waals surface area contributed by atoms with Crippen LogP contribution in [0.25, 0.3) is 0 Å². The molecule has 126 valence electrons. The topological polar surface area (TPSA) is 78.4 Å². The molecule has 1 unspecified atom stereocenters. The zero-order chi connectivity index (χ0) is 17.4. The van der Waals surface area contributed by atoms with Crippen molar-refractivity contribution in [1.82, 2.24) is 10.6 Å². The molecule has 5 nitrogen and oxygen atoms in total. The van der Waals surface area contributed by atoms with E-state index < -0.39 is 6.10 Å². The largest absolute Gasteiger partial charge is 0.387 e. The van der Waals surface area contributed by atoms with Gasteiger partial charge in [0.05, 0.1) is 19.1 Å². The minimum atomic E-state index is -0.900. The van der Waals surface area contributed by atoms with Crippen LogP contribution in [0.1, 0.15) is 17.2 Å². The van der Waals surface area contributed by atoms with Crippen molar-refractivity contribution in [3.63, 3.8) is 0 Å². The first-order chi connectivity index (χ1) is 11.6. The zero-order valence-corrected chi connectivity index (χ0v) is 13.8. The lowest BCUT2D eigenvalue weighted by Gasteiger charge is -2.14. The lowest BCUT2D eigenvalue weighted by atomic mass is 10.1. The first kappa shape index (κ1) is 18.0. The van der Waals surface area contributed by atoms with E-state index in [1.165, 1.54) is 0 Å². The first-order valence-corrected chi connectivity index (χ1v) is 7.94. The standard InChI is InChI=1S/C18H19ClN2O3/c19-15-9-5-4-8-14(15)16(22)11-20-18(24)12-21-17(23)10-13-6-2-1-3-7-13/h1-9,16,22H,10-12H2,(H,20,24)(H,21,23). The third kappa shape index (κ3) is 5.68. The fraction of sp³-hybridized carbons (Fsp3) is 0.222. The van der Waals surface area contributed by atoms with Gasteiger partial charge in [0.2, 0.25) is 11.8 Å². The van der Waals surface area contributed by atoms with Crippen molar-refractivity contribution in [3.05, 3.63) is 70.7 Å². The number of carbonyl (C=O) groups is 2. The Morgan fingerprint density at radius 2 is 1.62 bits per heavy atom. The van der Waals surface area contributed by atoms with E-state index in [9.17, 15) is 14.7 Å². The van der Waals surface area contributed by atoms with Crippen LogP contribution in [-0.4, -0.2) is 30.0 Å². The third-order valence-corrected chi connectivity index (χ3v) is 3.75. The lowest BCUT2D eigenvalue weighted by Crippen LogP contribution is -2.39. The van der Waals surface area contributed by atoms with Crippen LogP contribution in [0.4, 0.5) is 0 Å². The predicted octanol–water partition coefficient (Wildman–Crippen LogP) is 1.85. The van der Waals surface area contributed by atoms with Crippen molar-refractivity contribution >= 4 is 23.4 Å². The maximum Gasteiger partial charge on any atom is 0.239 e. The van der Waals surface area contributed by atoms with Crippen molar-refractivity contribution in [2.24, 2.45) is 0 Å². The molecule has 0 aliphatic carbocycles. The van der Waals surface area contributed by atoms with Crippen LogP contribution in [-0.2, 0) is 16.0 Å². The number of hydrogen-bond donors (Lipinski definition) is 3. The molecule has 0 saturated heterocycles. The summed E-state index contributed by atoms with van der Waals surface area (Å²) >= 11 is 5.98.